The van der Waals surface area contributed by atoms with Gasteiger partial charge in [-0.3, -0.25) is 18.7 Å². The lowest BCUT2D eigenvalue weighted by atomic mass is 10.2. The third-order valence-electron chi connectivity index (χ3n) is 5.48. The first-order valence-corrected chi connectivity index (χ1v) is 12.3. The zero-order chi connectivity index (χ0) is 24.5. The Morgan fingerprint density at radius 1 is 1.00 bits per heavy atom. The summed E-state index contributed by atoms with van der Waals surface area (Å²) < 4.78 is 31.2. The summed E-state index contributed by atoms with van der Waals surface area (Å²) in [7, 11) is -2.21. The lowest BCUT2D eigenvalue weighted by molar-refractivity contribution is -0.116. The van der Waals surface area contributed by atoms with Gasteiger partial charge in [0.15, 0.2) is 0 Å². The summed E-state index contributed by atoms with van der Waals surface area (Å²) in [5, 5.41) is 3.17. The Kier molecular flexibility index (Phi) is 6.49. The van der Waals surface area contributed by atoms with E-state index in [-0.39, 0.29) is 29.5 Å². The minimum atomic E-state index is -3.90. The van der Waals surface area contributed by atoms with Crippen LogP contribution in [0.2, 0.25) is 5.02 Å². The molecule has 0 spiro atoms. The molecule has 0 unspecified atom stereocenters. The number of rotatable bonds is 7. The first-order valence-electron chi connectivity index (χ1n) is 10.5. The van der Waals surface area contributed by atoms with E-state index in [1.54, 1.807) is 47.4 Å². The van der Waals surface area contributed by atoms with Crippen molar-refractivity contribution < 1.29 is 13.2 Å². The van der Waals surface area contributed by atoms with E-state index in [1.165, 1.54) is 18.2 Å². The fourth-order valence-electron chi connectivity index (χ4n) is 3.67. The maximum Gasteiger partial charge on any atom is 0.328 e. The standard InChI is InChI=1S/C24H23ClN4O4S/c1-16-10-11-19(34(32,33)27-18-7-5-6-17(25)14-18)15-20(16)26-23(30)12-13-29-22-9-4-3-8-21(22)28(2)24(29)31/h3-11,14-15,27H,12-13H2,1-2H3,(H,26,30). The molecule has 176 valence electrons. The molecule has 0 aliphatic rings. The number of aryl methyl sites for hydroxylation is 3. The minimum absolute atomic E-state index is 0.00125. The van der Waals surface area contributed by atoms with E-state index in [2.05, 4.69) is 10.0 Å². The van der Waals surface area contributed by atoms with Crippen molar-refractivity contribution in [2.75, 3.05) is 10.0 Å². The van der Waals surface area contributed by atoms with Crippen LogP contribution in [0, 0.1) is 6.92 Å². The molecule has 10 heteroatoms. The first-order chi connectivity index (χ1) is 16.2. The predicted octanol–water partition coefficient (Wildman–Crippen LogP) is 4.13. The Balaban J connectivity index is 1.50. The van der Waals surface area contributed by atoms with Crippen molar-refractivity contribution in [2.45, 2.75) is 24.8 Å². The highest BCUT2D eigenvalue weighted by atomic mass is 35.5. The van der Waals surface area contributed by atoms with Crippen LogP contribution < -0.4 is 15.7 Å². The molecule has 8 nitrogen and oxygen atoms in total. The van der Waals surface area contributed by atoms with E-state index >= 15 is 0 Å². The van der Waals surface area contributed by atoms with Gasteiger partial charge in [0.05, 0.1) is 21.6 Å². The summed E-state index contributed by atoms with van der Waals surface area (Å²) in [6.45, 7) is 1.96. The summed E-state index contributed by atoms with van der Waals surface area (Å²) in [5.41, 5.74) is 2.75. The van der Waals surface area contributed by atoms with Gasteiger partial charge in [0.25, 0.3) is 10.0 Å². The van der Waals surface area contributed by atoms with E-state index in [1.807, 2.05) is 24.3 Å². The van der Waals surface area contributed by atoms with Crippen LogP contribution in [-0.4, -0.2) is 23.5 Å². The first kappa shape index (κ1) is 23.6. The lowest BCUT2D eigenvalue weighted by Gasteiger charge is -2.13. The number of para-hydroxylation sites is 2. The van der Waals surface area contributed by atoms with Gasteiger partial charge in [0, 0.05) is 30.7 Å². The number of hydrogen-bond donors (Lipinski definition) is 2. The summed E-state index contributed by atoms with van der Waals surface area (Å²) >= 11 is 5.94. The molecule has 4 aromatic rings. The lowest BCUT2D eigenvalue weighted by Crippen LogP contribution is -2.24. The minimum Gasteiger partial charge on any atom is -0.326 e. The number of nitrogens with one attached hydrogen (secondary N) is 2. The third-order valence-corrected chi connectivity index (χ3v) is 7.10. The molecule has 0 aliphatic carbocycles. The molecule has 2 N–H and O–H groups in total. The Morgan fingerprint density at radius 3 is 2.47 bits per heavy atom. The molecular weight excluding hydrogens is 476 g/mol. The molecule has 0 saturated carbocycles. The average Bonchev–Trinajstić information content (AvgIpc) is 3.03. The Bertz CT molecular complexity index is 1560. The molecule has 1 heterocycles. The molecule has 0 saturated heterocycles. The van der Waals surface area contributed by atoms with Crippen LogP contribution in [0.25, 0.3) is 11.0 Å². The number of benzene rings is 3. The maximum absolute atomic E-state index is 12.8. The highest BCUT2D eigenvalue weighted by Gasteiger charge is 2.17. The van der Waals surface area contributed by atoms with Crippen LogP contribution in [0.1, 0.15) is 12.0 Å². The number of hydrogen-bond acceptors (Lipinski definition) is 4. The number of carbonyl (C=O) groups excluding carboxylic acids is 1. The smallest absolute Gasteiger partial charge is 0.326 e. The van der Waals surface area contributed by atoms with Gasteiger partial charge in [-0.1, -0.05) is 35.9 Å². The Hall–Kier alpha value is -3.56. The summed E-state index contributed by atoms with van der Waals surface area (Å²) in [6.07, 6.45) is 0.0467. The highest BCUT2D eigenvalue weighted by molar-refractivity contribution is 7.92. The SMILES string of the molecule is Cc1ccc(S(=O)(=O)Nc2cccc(Cl)c2)cc1NC(=O)CCn1c(=O)n(C)c2ccccc21. The molecule has 0 aliphatic heterocycles. The van der Waals surface area contributed by atoms with Gasteiger partial charge in [0.1, 0.15) is 0 Å². The van der Waals surface area contributed by atoms with Crippen molar-refractivity contribution in [3.8, 4) is 0 Å². The van der Waals surface area contributed by atoms with Gasteiger partial charge < -0.3 is 5.32 Å². The van der Waals surface area contributed by atoms with E-state index in [4.69, 9.17) is 11.6 Å². The predicted molar refractivity (Wildman–Crippen MR) is 134 cm³/mol. The van der Waals surface area contributed by atoms with Gasteiger partial charge in [-0.25, -0.2) is 13.2 Å². The van der Waals surface area contributed by atoms with Gasteiger partial charge in [-0.15, -0.1) is 0 Å². The van der Waals surface area contributed by atoms with E-state index in [0.29, 0.717) is 22.0 Å². The maximum atomic E-state index is 12.8. The molecule has 0 bridgehead atoms. The molecular formula is C24H23ClN4O4S. The summed E-state index contributed by atoms with van der Waals surface area (Å²) in [6, 6.07) is 18.2. The quantitative estimate of drug-likeness (QED) is 0.400. The number of fused-ring (bicyclic) bond motifs is 1. The van der Waals surface area contributed by atoms with Crippen molar-refractivity contribution in [2.24, 2.45) is 7.05 Å². The van der Waals surface area contributed by atoms with Gasteiger partial charge in [-0.05, 0) is 55.0 Å². The third kappa shape index (κ3) is 4.85. The molecule has 3 aromatic carbocycles. The molecule has 34 heavy (non-hydrogen) atoms. The number of aromatic nitrogens is 2. The molecule has 4 rings (SSSR count). The Morgan fingerprint density at radius 2 is 1.74 bits per heavy atom. The fourth-order valence-corrected chi connectivity index (χ4v) is 4.94. The number of anilines is 2. The molecule has 0 fully saturated rings. The molecule has 0 atom stereocenters. The number of imidazole rings is 1. The van der Waals surface area contributed by atoms with E-state index in [0.717, 1.165) is 11.0 Å². The number of carbonyl (C=O) groups is 1. The second-order valence-corrected chi connectivity index (χ2v) is 9.99. The zero-order valence-corrected chi connectivity index (χ0v) is 20.2. The number of amides is 1. The van der Waals surface area contributed by atoms with E-state index < -0.39 is 10.0 Å². The van der Waals surface area contributed by atoms with Crippen molar-refractivity contribution in [3.63, 3.8) is 0 Å². The van der Waals surface area contributed by atoms with Gasteiger partial charge in [0.2, 0.25) is 5.91 Å². The molecule has 1 aromatic heterocycles. The van der Waals surface area contributed by atoms with Crippen LogP contribution in [0.4, 0.5) is 11.4 Å². The van der Waals surface area contributed by atoms with E-state index in [9.17, 15) is 18.0 Å². The largest absolute Gasteiger partial charge is 0.328 e. The summed E-state index contributed by atoms with van der Waals surface area (Å²) in [4.78, 5) is 25.2. The van der Waals surface area contributed by atoms with Gasteiger partial charge in [-0.2, -0.15) is 0 Å². The van der Waals surface area contributed by atoms with Crippen LogP contribution in [-0.2, 0) is 28.4 Å². The number of halogens is 1. The number of sulfonamides is 1. The summed E-state index contributed by atoms with van der Waals surface area (Å²) in [5.74, 6) is -0.333. The van der Waals surface area contributed by atoms with Crippen molar-refractivity contribution in [1.29, 1.82) is 0 Å². The number of nitrogens with zero attached hydrogens (tertiary/aromatic N) is 2. The molecule has 0 radical (unpaired) electrons. The van der Waals surface area contributed by atoms with Crippen LogP contribution in [0.15, 0.2) is 76.4 Å². The van der Waals surface area contributed by atoms with Crippen LogP contribution >= 0.6 is 11.6 Å². The monoisotopic (exact) mass is 498 g/mol. The Labute approximate surface area is 201 Å². The van der Waals surface area contributed by atoms with Gasteiger partial charge >= 0.3 is 5.69 Å². The zero-order valence-electron chi connectivity index (χ0n) is 18.6. The normalized spacial score (nSPS) is 11.5. The molecule has 1 amide bonds. The van der Waals surface area contributed by atoms with Crippen LogP contribution in [0.5, 0.6) is 0 Å². The average molecular weight is 499 g/mol. The van der Waals surface area contributed by atoms with Crippen molar-refractivity contribution >= 4 is 49.9 Å². The van der Waals surface area contributed by atoms with Crippen molar-refractivity contribution in [1.82, 2.24) is 9.13 Å². The topological polar surface area (TPSA) is 102 Å². The fraction of sp³-hybridized carbons (Fsp3) is 0.167. The second kappa shape index (κ2) is 9.36. The van der Waals surface area contributed by atoms with Crippen LogP contribution in [0.3, 0.4) is 0 Å². The highest BCUT2D eigenvalue weighted by Crippen LogP contribution is 2.24. The second-order valence-electron chi connectivity index (χ2n) is 7.87. The van der Waals surface area contributed by atoms with Crippen molar-refractivity contribution in [3.05, 3.63) is 87.8 Å².